The van der Waals surface area contributed by atoms with Crippen LogP contribution in [0.15, 0.2) is 42.5 Å². The number of amides is 3. The molecular formula is C20H21N3O3. The van der Waals surface area contributed by atoms with Crippen molar-refractivity contribution < 1.29 is 14.4 Å². The van der Waals surface area contributed by atoms with Gasteiger partial charge in [-0.2, -0.15) is 0 Å². The van der Waals surface area contributed by atoms with Gasteiger partial charge in [-0.3, -0.25) is 14.4 Å². The highest BCUT2D eigenvalue weighted by atomic mass is 16.2. The van der Waals surface area contributed by atoms with Crippen LogP contribution in [0.1, 0.15) is 24.0 Å². The zero-order valence-electron chi connectivity index (χ0n) is 14.8. The Morgan fingerprint density at radius 3 is 2.65 bits per heavy atom. The van der Waals surface area contributed by atoms with Crippen molar-refractivity contribution in [1.29, 1.82) is 0 Å². The minimum atomic E-state index is -0.247. The molecule has 6 nitrogen and oxygen atoms in total. The molecule has 1 heterocycles. The van der Waals surface area contributed by atoms with Gasteiger partial charge in [-0.15, -0.1) is 0 Å². The number of hydrogen-bond acceptors (Lipinski definition) is 3. The summed E-state index contributed by atoms with van der Waals surface area (Å²) in [6.45, 7) is 3.89. The van der Waals surface area contributed by atoms with Gasteiger partial charge < -0.3 is 15.5 Å². The van der Waals surface area contributed by atoms with Crippen LogP contribution >= 0.6 is 0 Å². The molecule has 134 valence electrons. The summed E-state index contributed by atoms with van der Waals surface area (Å²) in [6, 6.07) is 12.8. The van der Waals surface area contributed by atoms with Gasteiger partial charge >= 0.3 is 0 Å². The smallest absolute Gasteiger partial charge is 0.244 e. The third kappa shape index (κ3) is 3.74. The van der Waals surface area contributed by atoms with Gasteiger partial charge in [0.1, 0.15) is 6.54 Å². The molecule has 3 rings (SSSR count). The summed E-state index contributed by atoms with van der Waals surface area (Å²) in [5.41, 5.74) is 4.12. The summed E-state index contributed by atoms with van der Waals surface area (Å²) in [4.78, 5) is 38.0. The molecule has 0 saturated carbocycles. The summed E-state index contributed by atoms with van der Waals surface area (Å²) >= 11 is 0. The number of hydrogen-bond donors (Lipinski definition) is 2. The molecule has 2 aromatic carbocycles. The van der Waals surface area contributed by atoms with E-state index in [2.05, 4.69) is 10.6 Å². The van der Waals surface area contributed by atoms with E-state index in [0.29, 0.717) is 11.4 Å². The number of aryl methyl sites for hydroxylation is 1. The fraction of sp³-hybridized carbons (Fsp3) is 0.250. The lowest BCUT2D eigenvalue weighted by Gasteiger charge is -2.29. The molecule has 0 unspecified atom stereocenters. The van der Waals surface area contributed by atoms with E-state index >= 15 is 0 Å². The zero-order chi connectivity index (χ0) is 18.7. The van der Waals surface area contributed by atoms with Crippen molar-refractivity contribution in [1.82, 2.24) is 0 Å². The number of para-hydroxylation sites is 2. The number of fused-ring (bicyclic) bond motifs is 1. The predicted octanol–water partition coefficient (Wildman–Crippen LogP) is 3.01. The van der Waals surface area contributed by atoms with E-state index in [9.17, 15) is 14.4 Å². The SMILES string of the molecule is Cc1cccc(NC(=O)CCC(=O)N2CC(=O)Nc3ccccc32)c1C. The Morgan fingerprint density at radius 1 is 1.08 bits per heavy atom. The molecule has 0 saturated heterocycles. The van der Waals surface area contributed by atoms with Gasteiger partial charge in [-0.1, -0.05) is 24.3 Å². The van der Waals surface area contributed by atoms with Crippen LogP contribution in [0, 0.1) is 13.8 Å². The molecule has 0 aliphatic carbocycles. The van der Waals surface area contributed by atoms with Crippen molar-refractivity contribution in [3.63, 3.8) is 0 Å². The van der Waals surface area contributed by atoms with Crippen LogP contribution in [0.25, 0.3) is 0 Å². The second kappa shape index (κ2) is 7.39. The van der Waals surface area contributed by atoms with E-state index in [0.717, 1.165) is 16.8 Å². The van der Waals surface area contributed by atoms with E-state index in [1.807, 2.05) is 38.1 Å². The summed E-state index contributed by atoms with van der Waals surface area (Å²) in [6.07, 6.45) is 0.102. The lowest BCUT2D eigenvalue weighted by molar-refractivity contribution is -0.124. The van der Waals surface area contributed by atoms with Crippen molar-refractivity contribution in [2.45, 2.75) is 26.7 Å². The van der Waals surface area contributed by atoms with Gasteiger partial charge in [-0.25, -0.2) is 0 Å². The predicted molar refractivity (Wildman–Crippen MR) is 101 cm³/mol. The van der Waals surface area contributed by atoms with Crippen LogP contribution < -0.4 is 15.5 Å². The third-order valence-electron chi connectivity index (χ3n) is 4.52. The largest absolute Gasteiger partial charge is 0.326 e. The highest BCUT2D eigenvalue weighted by Gasteiger charge is 2.26. The van der Waals surface area contributed by atoms with E-state index < -0.39 is 0 Å². The van der Waals surface area contributed by atoms with Crippen molar-refractivity contribution >= 4 is 34.8 Å². The quantitative estimate of drug-likeness (QED) is 0.889. The molecule has 6 heteroatoms. The molecule has 1 aliphatic rings. The highest BCUT2D eigenvalue weighted by molar-refractivity contribution is 6.10. The Labute approximate surface area is 152 Å². The fourth-order valence-electron chi connectivity index (χ4n) is 2.91. The first-order valence-electron chi connectivity index (χ1n) is 8.51. The lowest BCUT2D eigenvalue weighted by Crippen LogP contribution is -2.42. The molecule has 0 bridgehead atoms. The Kier molecular flexibility index (Phi) is 5.02. The summed E-state index contributed by atoms with van der Waals surface area (Å²) in [7, 11) is 0. The van der Waals surface area contributed by atoms with Crippen LogP contribution in [0.3, 0.4) is 0 Å². The minimum absolute atomic E-state index is 0.0333. The Hall–Kier alpha value is -3.15. The first-order chi connectivity index (χ1) is 12.5. The van der Waals surface area contributed by atoms with Gasteiger partial charge in [0, 0.05) is 18.5 Å². The number of nitrogens with zero attached hydrogens (tertiary/aromatic N) is 1. The van der Waals surface area contributed by atoms with E-state index in [4.69, 9.17) is 0 Å². The zero-order valence-corrected chi connectivity index (χ0v) is 14.8. The maximum Gasteiger partial charge on any atom is 0.244 e. The average molecular weight is 351 g/mol. The molecule has 2 N–H and O–H groups in total. The van der Waals surface area contributed by atoms with E-state index in [1.165, 1.54) is 4.90 Å². The van der Waals surface area contributed by atoms with Crippen LogP contribution in [0.5, 0.6) is 0 Å². The Bertz CT molecular complexity index is 876. The number of carbonyl (C=O) groups excluding carboxylic acids is 3. The highest BCUT2D eigenvalue weighted by Crippen LogP contribution is 2.29. The van der Waals surface area contributed by atoms with Gasteiger partial charge in [0.15, 0.2) is 0 Å². The van der Waals surface area contributed by atoms with Crippen LogP contribution in [0.4, 0.5) is 17.1 Å². The number of rotatable bonds is 4. The van der Waals surface area contributed by atoms with Crippen LogP contribution in [-0.2, 0) is 14.4 Å². The van der Waals surface area contributed by atoms with Crippen LogP contribution in [-0.4, -0.2) is 24.3 Å². The van der Waals surface area contributed by atoms with Crippen molar-refractivity contribution in [2.24, 2.45) is 0 Å². The topological polar surface area (TPSA) is 78.5 Å². The number of carbonyl (C=O) groups is 3. The summed E-state index contributed by atoms with van der Waals surface area (Å²) < 4.78 is 0. The maximum atomic E-state index is 12.6. The summed E-state index contributed by atoms with van der Waals surface area (Å²) in [5, 5.41) is 5.59. The fourth-order valence-corrected chi connectivity index (χ4v) is 2.91. The average Bonchev–Trinajstić information content (AvgIpc) is 2.62. The van der Waals surface area contributed by atoms with Gasteiger partial charge in [-0.05, 0) is 43.2 Å². The molecule has 26 heavy (non-hydrogen) atoms. The van der Waals surface area contributed by atoms with Crippen molar-refractivity contribution in [2.75, 3.05) is 22.1 Å². The first-order valence-corrected chi connectivity index (χ1v) is 8.51. The van der Waals surface area contributed by atoms with Crippen molar-refractivity contribution in [3.05, 3.63) is 53.6 Å². The second-order valence-electron chi connectivity index (χ2n) is 6.34. The summed E-state index contributed by atoms with van der Waals surface area (Å²) in [5.74, 6) is -0.706. The molecule has 1 aliphatic heterocycles. The number of anilines is 3. The second-order valence-corrected chi connectivity index (χ2v) is 6.34. The molecule has 0 spiro atoms. The number of nitrogens with one attached hydrogen (secondary N) is 2. The van der Waals surface area contributed by atoms with Crippen molar-refractivity contribution in [3.8, 4) is 0 Å². The molecule has 0 radical (unpaired) electrons. The van der Waals surface area contributed by atoms with Gasteiger partial charge in [0.2, 0.25) is 17.7 Å². The normalized spacial score (nSPS) is 13.0. The standard InChI is InChI=1S/C20H21N3O3/c1-13-6-5-8-15(14(13)2)21-18(24)10-11-20(26)23-12-19(25)22-16-7-3-4-9-17(16)23/h3-9H,10-12H2,1-2H3,(H,21,24)(H,22,25). The van der Waals surface area contributed by atoms with E-state index in [-0.39, 0.29) is 37.1 Å². The molecule has 0 atom stereocenters. The molecule has 3 amide bonds. The third-order valence-corrected chi connectivity index (χ3v) is 4.52. The first kappa shape index (κ1) is 17.7. The van der Waals surface area contributed by atoms with Gasteiger partial charge in [0.05, 0.1) is 11.4 Å². The minimum Gasteiger partial charge on any atom is -0.326 e. The lowest BCUT2D eigenvalue weighted by atomic mass is 10.1. The molecule has 0 fully saturated rings. The Morgan fingerprint density at radius 2 is 1.85 bits per heavy atom. The molecule has 0 aromatic heterocycles. The van der Waals surface area contributed by atoms with E-state index in [1.54, 1.807) is 18.2 Å². The molecule has 2 aromatic rings. The monoisotopic (exact) mass is 351 g/mol. The van der Waals surface area contributed by atoms with Crippen LogP contribution in [0.2, 0.25) is 0 Å². The molecular weight excluding hydrogens is 330 g/mol. The Balaban J connectivity index is 1.63. The van der Waals surface area contributed by atoms with Gasteiger partial charge in [0.25, 0.3) is 0 Å². The maximum absolute atomic E-state index is 12.6. The number of benzene rings is 2.